The summed E-state index contributed by atoms with van der Waals surface area (Å²) in [6.07, 6.45) is 7.10. The number of anilines is 1. The molecule has 0 radical (unpaired) electrons. The smallest absolute Gasteiger partial charge is 0.248 e. The van der Waals surface area contributed by atoms with E-state index in [2.05, 4.69) is 15.2 Å². The Hall–Kier alpha value is -3.15. The summed E-state index contributed by atoms with van der Waals surface area (Å²) in [7, 11) is 0. The third kappa shape index (κ3) is 3.63. The zero-order valence-corrected chi connectivity index (χ0v) is 15.5. The number of aliphatic imine (C=N–C) groups is 1. The number of carbonyl (C=O) groups is 1. The van der Waals surface area contributed by atoms with Gasteiger partial charge in [0, 0.05) is 54.1 Å². The van der Waals surface area contributed by atoms with Crippen LogP contribution in [0, 0.1) is 11.7 Å². The number of piperidine rings is 1. The third-order valence-corrected chi connectivity index (χ3v) is 5.58. The van der Waals surface area contributed by atoms with E-state index >= 15 is 0 Å². The average molecular weight is 378 g/mol. The fourth-order valence-corrected chi connectivity index (χ4v) is 4.09. The first kappa shape index (κ1) is 18.2. The first-order valence-electron chi connectivity index (χ1n) is 9.51. The van der Waals surface area contributed by atoms with Crippen molar-refractivity contribution in [3.63, 3.8) is 0 Å². The number of fused-ring (bicyclic) bond motifs is 1. The van der Waals surface area contributed by atoms with E-state index in [4.69, 9.17) is 5.73 Å². The van der Waals surface area contributed by atoms with E-state index < -0.39 is 5.91 Å². The molecule has 0 aromatic heterocycles. The van der Waals surface area contributed by atoms with Gasteiger partial charge in [-0.05, 0) is 49.1 Å². The molecule has 144 valence electrons. The zero-order chi connectivity index (χ0) is 19.5. The predicted octanol–water partition coefficient (Wildman–Crippen LogP) is 3.38. The number of halogens is 1. The number of hydrogen-bond acceptors (Lipinski definition) is 4. The van der Waals surface area contributed by atoms with Crippen molar-refractivity contribution in [3.8, 4) is 0 Å². The van der Waals surface area contributed by atoms with Crippen molar-refractivity contribution in [2.24, 2.45) is 16.6 Å². The molecule has 5 nitrogen and oxygen atoms in total. The summed E-state index contributed by atoms with van der Waals surface area (Å²) < 4.78 is 14.7. The summed E-state index contributed by atoms with van der Waals surface area (Å²) in [5, 5.41) is 3.36. The molecule has 1 amide bonds. The minimum Gasteiger partial charge on any atom is -0.382 e. The van der Waals surface area contributed by atoms with Crippen molar-refractivity contribution >= 4 is 17.8 Å². The van der Waals surface area contributed by atoms with Crippen LogP contribution in [0.15, 0.2) is 59.9 Å². The average Bonchev–Trinajstić information content (AvgIpc) is 2.69. The maximum atomic E-state index is 14.7. The number of nitrogens with one attached hydrogen (secondary N) is 1. The molecule has 2 aliphatic rings. The van der Waals surface area contributed by atoms with Crippen molar-refractivity contribution in [1.29, 1.82) is 0 Å². The van der Waals surface area contributed by atoms with Gasteiger partial charge < -0.3 is 16.0 Å². The van der Waals surface area contributed by atoms with Crippen molar-refractivity contribution in [2.75, 3.05) is 18.0 Å². The highest BCUT2D eigenvalue weighted by Crippen LogP contribution is 2.35. The molecule has 0 bridgehead atoms. The molecule has 1 fully saturated rings. The summed E-state index contributed by atoms with van der Waals surface area (Å²) in [5.41, 5.74) is 8.42. The maximum absolute atomic E-state index is 14.7. The van der Waals surface area contributed by atoms with Gasteiger partial charge in [0.05, 0.1) is 6.04 Å². The molecule has 6 heteroatoms. The summed E-state index contributed by atoms with van der Waals surface area (Å²) in [6.45, 7) is 1.75. The van der Waals surface area contributed by atoms with Crippen LogP contribution in [-0.4, -0.2) is 25.2 Å². The van der Waals surface area contributed by atoms with Crippen LogP contribution in [0.1, 0.15) is 40.4 Å². The minimum absolute atomic E-state index is 0.0846. The van der Waals surface area contributed by atoms with Crippen molar-refractivity contribution in [3.05, 3.63) is 77.4 Å². The van der Waals surface area contributed by atoms with Gasteiger partial charge in [0.15, 0.2) is 0 Å². The van der Waals surface area contributed by atoms with Crippen LogP contribution in [0.4, 0.5) is 10.1 Å². The number of rotatable bonds is 3. The Morgan fingerprint density at radius 2 is 1.89 bits per heavy atom. The first-order chi connectivity index (χ1) is 13.6. The van der Waals surface area contributed by atoms with Gasteiger partial charge in [-0.1, -0.05) is 12.1 Å². The Morgan fingerprint density at radius 1 is 1.14 bits per heavy atom. The number of carbonyl (C=O) groups excluding carboxylic acids is 1. The zero-order valence-electron chi connectivity index (χ0n) is 15.5. The van der Waals surface area contributed by atoms with E-state index in [1.165, 1.54) is 6.07 Å². The van der Waals surface area contributed by atoms with Crippen LogP contribution in [0.3, 0.4) is 0 Å². The Morgan fingerprint density at radius 3 is 2.61 bits per heavy atom. The van der Waals surface area contributed by atoms with Crippen LogP contribution < -0.4 is 16.0 Å². The molecule has 1 unspecified atom stereocenters. The SMILES string of the molecule is NC(=O)c1ccc(N2CCC(C3N/C=C\N=Cc4cccc(F)c43)CC2)cc1. The van der Waals surface area contributed by atoms with Crippen LogP contribution >= 0.6 is 0 Å². The lowest BCUT2D eigenvalue weighted by Crippen LogP contribution is -2.39. The number of hydrogen-bond donors (Lipinski definition) is 2. The van der Waals surface area contributed by atoms with Crippen LogP contribution in [0.25, 0.3) is 0 Å². The Labute approximate surface area is 163 Å². The second-order valence-electron chi connectivity index (χ2n) is 7.22. The van der Waals surface area contributed by atoms with Crippen molar-refractivity contribution < 1.29 is 9.18 Å². The van der Waals surface area contributed by atoms with Gasteiger partial charge in [-0.25, -0.2) is 4.39 Å². The van der Waals surface area contributed by atoms with E-state index in [-0.39, 0.29) is 11.9 Å². The van der Waals surface area contributed by atoms with Gasteiger partial charge >= 0.3 is 0 Å². The third-order valence-electron chi connectivity index (χ3n) is 5.58. The van der Waals surface area contributed by atoms with E-state index in [0.717, 1.165) is 37.2 Å². The second kappa shape index (κ2) is 7.84. The molecule has 2 aliphatic heterocycles. The molecule has 2 aromatic rings. The van der Waals surface area contributed by atoms with Crippen LogP contribution in [0.5, 0.6) is 0 Å². The molecule has 1 saturated heterocycles. The fourth-order valence-electron chi connectivity index (χ4n) is 4.09. The highest BCUT2D eigenvalue weighted by atomic mass is 19.1. The molecule has 4 rings (SSSR count). The molecule has 0 saturated carbocycles. The topological polar surface area (TPSA) is 70.7 Å². The molecule has 2 heterocycles. The van der Waals surface area contributed by atoms with E-state index in [9.17, 15) is 9.18 Å². The molecule has 0 spiro atoms. The van der Waals surface area contributed by atoms with Crippen LogP contribution in [0.2, 0.25) is 0 Å². The lowest BCUT2D eigenvalue weighted by Gasteiger charge is -2.38. The Balaban J connectivity index is 1.50. The highest BCUT2D eigenvalue weighted by molar-refractivity contribution is 5.93. The van der Waals surface area contributed by atoms with Crippen LogP contribution in [-0.2, 0) is 0 Å². The number of benzene rings is 2. The number of amides is 1. The van der Waals surface area contributed by atoms with Gasteiger partial charge in [-0.15, -0.1) is 0 Å². The molecular weight excluding hydrogens is 355 g/mol. The predicted molar refractivity (Wildman–Crippen MR) is 109 cm³/mol. The maximum Gasteiger partial charge on any atom is 0.248 e. The normalized spacial score (nSPS) is 20.6. The Bertz CT molecular complexity index is 915. The molecule has 28 heavy (non-hydrogen) atoms. The minimum atomic E-state index is -0.419. The van der Waals surface area contributed by atoms with Crippen molar-refractivity contribution in [2.45, 2.75) is 18.9 Å². The highest BCUT2D eigenvalue weighted by Gasteiger charge is 2.30. The first-order valence-corrected chi connectivity index (χ1v) is 9.51. The van der Waals surface area contributed by atoms with E-state index in [1.54, 1.807) is 36.8 Å². The van der Waals surface area contributed by atoms with Gasteiger partial charge in [0.25, 0.3) is 0 Å². The monoisotopic (exact) mass is 378 g/mol. The van der Waals surface area contributed by atoms with E-state index in [1.807, 2.05) is 18.2 Å². The summed E-state index contributed by atoms with van der Waals surface area (Å²) in [4.78, 5) is 17.7. The lowest BCUT2D eigenvalue weighted by atomic mass is 9.83. The summed E-state index contributed by atoms with van der Waals surface area (Å²) in [6, 6.07) is 12.4. The van der Waals surface area contributed by atoms with Gasteiger partial charge in [0.2, 0.25) is 5.91 Å². The van der Waals surface area contributed by atoms with Gasteiger partial charge in [-0.3, -0.25) is 9.79 Å². The number of nitrogens with zero attached hydrogens (tertiary/aromatic N) is 2. The largest absolute Gasteiger partial charge is 0.382 e. The molecule has 0 aliphatic carbocycles. The Kier molecular flexibility index (Phi) is 5.10. The number of primary amides is 1. The van der Waals surface area contributed by atoms with E-state index in [0.29, 0.717) is 17.0 Å². The molecule has 3 N–H and O–H groups in total. The van der Waals surface area contributed by atoms with Gasteiger partial charge in [-0.2, -0.15) is 0 Å². The second-order valence-corrected chi connectivity index (χ2v) is 7.22. The van der Waals surface area contributed by atoms with Crippen molar-refractivity contribution in [1.82, 2.24) is 5.32 Å². The van der Waals surface area contributed by atoms with Gasteiger partial charge in [0.1, 0.15) is 5.82 Å². The summed E-state index contributed by atoms with van der Waals surface area (Å²) in [5.74, 6) is -0.299. The lowest BCUT2D eigenvalue weighted by molar-refractivity contribution is 0.100. The molecular formula is C22H23FN4O. The quantitative estimate of drug-likeness (QED) is 0.860. The fraction of sp³-hybridized carbons (Fsp3) is 0.273. The number of nitrogens with two attached hydrogens (primary N) is 1. The summed E-state index contributed by atoms with van der Waals surface area (Å²) >= 11 is 0. The molecule has 1 atom stereocenters. The standard InChI is InChI=1S/C22H23FN4O/c23-19-3-1-2-17-14-25-10-11-26-21(20(17)19)15-8-12-27(13-9-15)18-6-4-16(5-7-18)22(24)28/h1-7,10-11,14-15,21,26H,8-9,12-13H2,(H2,24,28)/b11-10-,25-14?. The molecule has 2 aromatic carbocycles.